The first kappa shape index (κ1) is 63.4. The zero-order valence-electron chi connectivity index (χ0n) is 44.6. The summed E-state index contributed by atoms with van der Waals surface area (Å²) < 4.78 is 16.9. The minimum atomic E-state index is -0.763. The van der Waals surface area contributed by atoms with Crippen LogP contribution in [0.15, 0.2) is 0 Å². The molecule has 0 fully saturated rings. The lowest BCUT2D eigenvalue weighted by Gasteiger charge is -2.18. The molecular weight excluding hydrogens is 805 g/mol. The normalized spacial score (nSPS) is 12.5. The Morgan fingerprint density at radius 3 is 0.877 bits per heavy atom. The highest BCUT2D eigenvalue weighted by Crippen LogP contribution is 2.19. The van der Waals surface area contributed by atoms with Crippen molar-refractivity contribution in [3.63, 3.8) is 0 Å². The fraction of sp³-hybridized carbons (Fsp3) is 0.949. The first-order chi connectivity index (χ1) is 31.8. The number of esters is 3. The van der Waals surface area contributed by atoms with Crippen LogP contribution in [0, 0.1) is 11.8 Å². The monoisotopic (exact) mass is 919 g/mol. The summed E-state index contributed by atoms with van der Waals surface area (Å²) >= 11 is 0. The summed E-state index contributed by atoms with van der Waals surface area (Å²) in [5.41, 5.74) is 0. The Hall–Kier alpha value is -1.59. The third-order valence-electron chi connectivity index (χ3n) is 13.8. The minimum Gasteiger partial charge on any atom is -0.462 e. The molecule has 0 saturated heterocycles. The van der Waals surface area contributed by atoms with E-state index in [0.717, 1.165) is 69.6 Å². The molecule has 0 N–H and O–H groups in total. The van der Waals surface area contributed by atoms with Crippen molar-refractivity contribution in [1.29, 1.82) is 0 Å². The standard InChI is InChI=1S/C59H114O6/c1-6-8-9-10-11-12-13-14-15-16-17-21-24-27-30-33-39-44-49-57(60)63-52-56(65-59(62)51-46-41-36-35-38-43-48-55(5)7-2)53-64-58(61)50-45-40-34-31-28-25-22-19-18-20-23-26-29-32-37-42-47-54(3)4/h54-56H,6-53H2,1-5H3/t55?,56-/m1/s1. The van der Waals surface area contributed by atoms with Crippen LogP contribution in [-0.4, -0.2) is 37.2 Å². The highest BCUT2D eigenvalue weighted by molar-refractivity contribution is 5.71. The Morgan fingerprint density at radius 2 is 0.585 bits per heavy atom. The predicted molar refractivity (Wildman–Crippen MR) is 280 cm³/mol. The molecule has 1 unspecified atom stereocenters. The van der Waals surface area contributed by atoms with Gasteiger partial charge in [0.15, 0.2) is 6.10 Å². The molecule has 0 bridgehead atoms. The van der Waals surface area contributed by atoms with Gasteiger partial charge >= 0.3 is 17.9 Å². The topological polar surface area (TPSA) is 78.9 Å². The van der Waals surface area contributed by atoms with Gasteiger partial charge in [0.2, 0.25) is 0 Å². The van der Waals surface area contributed by atoms with Crippen LogP contribution in [0.3, 0.4) is 0 Å². The second-order valence-corrected chi connectivity index (χ2v) is 21.0. The summed E-state index contributed by atoms with van der Waals surface area (Å²) in [5.74, 6) is 0.819. The van der Waals surface area contributed by atoms with Crippen LogP contribution in [0.1, 0.15) is 330 Å². The van der Waals surface area contributed by atoms with Crippen LogP contribution in [0.4, 0.5) is 0 Å². The fourth-order valence-corrected chi connectivity index (χ4v) is 9.02. The zero-order valence-corrected chi connectivity index (χ0v) is 44.6. The van der Waals surface area contributed by atoms with Crippen LogP contribution in [-0.2, 0) is 28.6 Å². The van der Waals surface area contributed by atoms with Crippen LogP contribution >= 0.6 is 0 Å². The largest absolute Gasteiger partial charge is 0.462 e. The molecule has 386 valence electrons. The maximum Gasteiger partial charge on any atom is 0.306 e. The van der Waals surface area contributed by atoms with Crippen molar-refractivity contribution in [1.82, 2.24) is 0 Å². The van der Waals surface area contributed by atoms with Gasteiger partial charge < -0.3 is 14.2 Å². The summed E-state index contributed by atoms with van der Waals surface area (Å²) in [6.45, 7) is 11.4. The Labute approximate surface area is 406 Å². The minimum absolute atomic E-state index is 0.0637. The molecule has 0 aromatic carbocycles. The summed E-state index contributed by atoms with van der Waals surface area (Å²) in [6, 6.07) is 0. The molecule has 0 aliphatic carbocycles. The average molecular weight is 920 g/mol. The van der Waals surface area contributed by atoms with Crippen molar-refractivity contribution in [2.75, 3.05) is 13.2 Å². The second-order valence-electron chi connectivity index (χ2n) is 21.0. The summed E-state index contributed by atoms with van der Waals surface area (Å²) in [7, 11) is 0. The van der Waals surface area contributed by atoms with E-state index in [2.05, 4.69) is 34.6 Å². The summed E-state index contributed by atoms with van der Waals surface area (Å²) in [6.07, 6.45) is 55.3. The summed E-state index contributed by atoms with van der Waals surface area (Å²) in [5, 5.41) is 0. The Kier molecular flexibility index (Phi) is 50.5. The highest BCUT2D eigenvalue weighted by atomic mass is 16.6. The first-order valence-corrected chi connectivity index (χ1v) is 29.3. The van der Waals surface area contributed by atoms with Gasteiger partial charge in [0, 0.05) is 19.3 Å². The third-order valence-corrected chi connectivity index (χ3v) is 13.8. The van der Waals surface area contributed by atoms with Gasteiger partial charge in [0.1, 0.15) is 13.2 Å². The predicted octanol–water partition coefficient (Wildman–Crippen LogP) is 19.3. The van der Waals surface area contributed by atoms with E-state index < -0.39 is 6.10 Å². The number of hydrogen-bond donors (Lipinski definition) is 0. The van der Waals surface area contributed by atoms with Gasteiger partial charge in [0.25, 0.3) is 0 Å². The number of carbonyl (C=O) groups excluding carboxylic acids is 3. The number of carbonyl (C=O) groups is 3. The van der Waals surface area contributed by atoms with E-state index in [-0.39, 0.29) is 31.1 Å². The van der Waals surface area contributed by atoms with E-state index >= 15 is 0 Å². The molecule has 0 radical (unpaired) electrons. The maximum atomic E-state index is 12.8. The maximum absolute atomic E-state index is 12.8. The van der Waals surface area contributed by atoms with E-state index in [1.807, 2.05) is 0 Å². The van der Waals surface area contributed by atoms with Crippen LogP contribution in [0.25, 0.3) is 0 Å². The zero-order chi connectivity index (χ0) is 47.5. The van der Waals surface area contributed by atoms with Crippen molar-refractivity contribution in [2.45, 2.75) is 336 Å². The molecule has 0 heterocycles. The van der Waals surface area contributed by atoms with E-state index in [4.69, 9.17) is 14.2 Å². The number of rotatable bonds is 53. The molecule has 0 rings (SSSR count). The summed E-state index contributed by atoms with van der Waals surface area (Å²) in [4.78, 5) is 38.1. The smallest absolute Gasteiger partial charge is 0.306 e. The molecule has 6 heteroatoms. The van der Waals surface area contributed by atoms with Crippen molar-refractivity contribution in [2.24, 2.45) is 11.8 Å². The van der Waals surface area contributed by atoms with E-state index in [1.54, 1.807) is 0 Å². The van der Waals surface area contributed by atoms with Gasteiger partial charge in [-0.25, -0.2) is 0 Å². The van der Waals surface area contributed by atoms with Gasteiger partial charge in [-0.3, -0.25) is 14.4 Å². The third kappa shape index (κ3) is 51.6. The molecule has 0 saturated carbocycles. The number of ether oxygens (including phenoxy) is 3. The fourth-order valence-electron chi connectivity index (χ4n) is 9.02. The van der Waals surface area contributed by atoms with Gasteiger partial charge in [-0.1, -0.05) is 291 Å². The van der Waals surface area contributed by atoms with Crippen LogP contribution in [0.5, 0.6) is 0 Å². The molecular formula is C59H114O6. The van der Waals surface area contributed by atoms with E-state index in [0.29, 0.717) is 19.3 Å². The highest BCUT2D eigenvalue weighted by Gasteiger charge is 2.19. The molecule has 2 atom stereocenters. The molecule has 0 aliphatic heterocycles. The number of hydrogen-bond acceptors (Lipinski definition) is 6. The Morgan fingerprint density at radius 1 is 0.323 bits per heavy atom. The molecule has 6 nitrogen and oxygen atoms in total. The molecule has 0 aromatic rings. The lowest BCUT2D eigenvalue weighted by atomic mass is 10.00. The molecule has 0 aliphatic rings. The van der Waals surface area contributed by atoms with E-state index in [1.165, 1.54) is 218 Å². The van der Waals surface area contributed by atoms with Crippen LogP contribution in [0.2, 0.25) is 0 Å². The molecule has 65 heavy (non-hydrogen) atoms. The second kappa shape index (κ2) is 51.8. The van der Waals surface area contributed by atoms with Gasteiger partial charge in [0.05, 0.1) is 0 Å². The lowest BCUT2D eigenvalue weighted by molar-refractivity contribution is -0.167. The van der Waals surface area contributed by atoms with E-state index in [9.17, 15) is 14.4 Å². The van der Waals surface area contributed by atoms with Crippen molar-refractivity contribution in [3.8, 4) is 0 Å². The Balaban J connectivity index is 4.21. The Bertz CT molecular complexity index is 995. The van der Waals surface area contributed by atoms with Crippen LogP contribution < -0.4 is 0 Å². The van der Waals surface area contributed by atoms with Gasteiger partial charge in [-0.05, 0) is 31.1 Å². The van der Waals surface area contributed by atoms with Gasteiger partial charge in [-0.2, -0.15) is 0 Å². The molecule has 0 aromatic heterocycles. The quantitative estimate of drug-likeness (QED) is 0.0344. The first-order valence-electron chi connectivity index (χ1n) is 29.3. The lowest BCUT2D eigenvalue weighted by Crippen LogP contribution is -2.30. The van der Waals surface area contributed by atoms with Gasteiger partial charge in [-0.15, -0.1) is 0 Å². The average Bonchev–Trinajstić information content (AvgIpc) is 3.29. The molecule has 0 amide bonds. The van der Waals surface area contributed by atoms with Crippen molar-refractivity contribution in [3.05, 3.63) is 0 Å². The SMILES string of the molecule is CCCCCCCCCCCCCCCCCCCCC(=O)OC[C@H](COC(=O)CCCCCCCCCCCCCCCCCCC(C)C)OC(=O)CCCCCCCCC(C)CC. The molecule has 0 spiro atoms. The van der Waals surface area contributed by atoms with Crippen molar-refractivity contribution >= 4 is 17.9 Å². The number of unbranched alkanes of at least 4 members (excludes halogenated alkanes) is 37. The van der Waals surface area contributed by atoms with Crippen molar-refractivity contribution < 1.29 is 28.6 Å².